The van der Waals surface area contributed by atoms with E-state index in [1.54, 1.807) is 52.0 Å². The van der Waals surface area contributed by atoms with Gasteiger partial charge in [0, 0.05) is 13.1 Å². The Morgan fingerprint density at radius 2 is 1.86 bits per heavy atom. The molecule has 0 fully saturated rings. The number of carbonyl (C=O) groups excluding carboxylic acids is 1. The van der Waals surface area contributed by atoms with Crippen molar-refractivity contribution in [3.05, 3.63) is 29.8 Å². The summed E-state index contributed by atoms with van der Waals surface area (Å²) in [6.45, 7) is 7.62. The third-order valence-electron chi connectivity index (χ3n) is 2.77. The molecule has 1 N–H and O–H groups in total. The summed E-state index contributed by atoms with van der Waals surface area (Å²) in [6.07, 6.45) is 0.624. The number of sulfonamides is 1. The van der Waals surface area contributed by atoms with E-state index in [2.05, 4.69) is 5.32 Å². The molecule has 0 saturated heterocycles. The maximum Gasteiger partial charge on any atom is 0.407 e. The van der Waals surface area contributed by atoms with Gasteiger partial charge in [-0.15, -0.1) is 0 Å². The molecule has 1 amide bonds. The second-order valence-corrected chi connectivity index (χ2v) is 7.82. The Hall–Kier alpha value is -1.76. The van der Waals surface area contributed by atoms with Crippen molar-refractivity contribution in [3.8, 4) is 0 Å². The number of para-hydroxylation sites is 1. The van der Waals surface area contributed by atoms with E-state index in [1.807, 2.05) is 0 Å². The van der Waals surface area contributed by atoms with Crippen LogP contribution in [0.25, 0.3) is 0 Å². The van der Waals surface area contributed by atoms with Gasteiger partial charge in [0.1, 0.15) is 5.60 Å². The maximum absolute atomic E-state index is 11.9. The number of carbonyl (C=O) groups is 1. The van der Waals surface area contributed by atoms with Crippen molar-refractivity contribution >= 4 is 21.8 Å². The molecule has 1 rings (SSSR count). The number of benzene rings is 1. The molecule has 0 heterocycles. The molecule has 124 valence electrons. The van der Waals surface area contributed by atoms with Crippen LogP contribution in [0.15, 0.2) is 24.3 Å². The fourth-order valence-electron chi connectivity index (χ4n) is 1.97. The molecule has 6 nitrogen and oxygen atoms in total. The zero-order valence-electron chi connectivity index (χ0n) is 13.7. The van der Waals surface area contributed by atoms with Gasteiger partial charge >= 0.3 is 6.09 Å². The average molecular weight is 328 g/mol. The smallest absolute Gasteiger partial charge is 0.407 e. The minimum absolute atomic E-state index is 0.192. The molecule has 0 aliphatic carbocycles. The van der Waals surface area contributed by atoms with Crippen molar-refractivity contribution in [2.45, 2.75) is 39.8 Å². The Balaban J connectivity index is 2.91. The molecule has 1 aromatic rings. The predicted molar refractivity (Wildman–Crippen MR) is 87.4 cm³/mol. The van der Waals surface area contributed by atoms with Crippen molar-refractivity contribution in [3.63, 3.8) is 0 Å². The first-order valence-corrected chi connectivity index (χ1v) is 8.92. The van der Waals surface area contributed by atoms with E-state index in [0.717, 1.165) is 6.26 Å². The van der Waals surface area contributed by atoms with Gasteiger partial charge in [0.25, 0.3) is 0 Å². The molecule has 7 heteroatoms. The maximum atomic E-state index is 11.9. The highest BCUT2D eigenvalue weighted by Gasteiger charge is 2.19. The number of hydrogen-bond donors (Lipinski definition) is 1. The molecular formula is C15H24N2O4S. The summed E-state index contributed by atoms with van der Waals surface area (Å²) >= 11 is 0. The van der Waals surface area contributed by atoms with Crippen molar-refractivity contribution in [1.29, 1.82) is 0 Å². The molecule has 0 bridgehead atoms. The second kappa shape index (κ2) is 7.00. The molecule has 0 atom stereocenters. The van der Waals surface area contributed by atoms with Crippen LogP contribution in [-0.2, 0) is 21.3 Å². The number of amides is 1. The minimum atomic E-state index is -3.37. The summed E-state index contributed by atoms with van der Waals surface area (Å²) in [7, 11) is -3.37. The molecule has 22 heavy (non-hydrogen) atoms. The first kappa shape index (κ1) is 18.3. The van der Waals surface area contributed by atoms with E-state index in [4.69, 9.17) is 4.74 Å². The van der Waals surface area contributed by atoms with E-state index >= 15 is 0 Å². The van der Waals surface area contributed by atoms with Crippen LogP contribution in [0.3, 0.4) is 0 Å². The Labute approximate surface area is 132 Å². The Morgan fingerprint density at radius 3 is 2.36 bits per heavy atom. The van der Waals surface area contributed by atoms with Crippen LogP contribution in [-0.4, -0.2) is 32.9 Å². The lowest BCUT2D eigenvalue weighted by Gasteiger charge is -2.24. The van der Waals surface area contributed by atoms with Crippen molar-refractivity contribution in [1.82, 2.24) is 5.32 Å². The fraction of sp³-hybridized carbons (Fsp3) is 0.533. The highest BCUT2D eigenvalue weighted by molar-refractivity contribution is 7.92. The lowest BCUT2D eigenvalue weighted by molar-refractivity contribution is 0.0523. The second-order valence-electron chi connectivity index (χ2n) is 5.91. The summed E-state index contributed by atoms with van der Waals surface area (Å²) < 4.78 is 30.2. The summed E-state index contributed by atoms with van der Waals surface area (Å²) in [4.78, 5) is 11.7. The number of ether oxygens (including phenoxy) is 1. The van der Waals surface area contributed by atoms with Gasteiger partial charge in [0.2, 0.25) is 10.0 Å². The first-order chi connectivity index (χ1) is 10.0. The highest BCUT2D eigenvalue weighted by Crippen LogP contribution is 2.22. The van der Waals surface area contributed by atoms with Gasteiger partial charge in [-0.1, -0.05) is 18.2 Å². The van der Waals surface area contributed by atoms with Crippen molar-refractivity contribution in [2.24, 2.45) is 0 Å². The van der Waals surface area contributed by atoms with Crippen LogP contribution in [0.5, 0.6) is 0 Å². The standard InChI is InChI=1S/C15H24N2O4S/c1-6-17(22(5,19)20)13-10-8-7-9-12(13)11-16-14(18)21-15(2,3)4/h7-10H,6,11H2,1-5H3,(H,16,18). The summed E-state index contributed by atoms with van der Waals surface area (Å²) in [5, 5.41) is 2.64. The normalized spacial score (nSPS) is 11.9. The Bertz CT molecular complexity index is 621. The quantitative estimate of drug-likeness (QED) is 0.901. The molecule has 0 aliphatic heterocycles. The van der Waals surface area contributed by atoms with Gasteiger partial charge in [0.05, 0.1) is 11.9 Å². The summed E-state index contributed by atoms with van der Waals surface area (Å²) in [5.74, 6) is 0. The molecular weight excluding hydrogens is 304 g/mol. The average Bonchev–Trinajstić information content (AvgIpc) is 2.34. The lowest BCUT2D eigenvalue weighted by atomic mass is 10.1. The molecule has 0 spiro atoms. The fourth-order valence-corrected chi connectivity index (χ4v) is 2.97. The van der Waals surface area contributed by atoms with Gasteiger partial charge < -0.3 is 10.1 Å². The molecule has 0 aliphatic rings. The summed E-state index contributed by atoms with van der Waals surface area (Å²) in [6, 6.07) is 7.06. The van der Waals surface area contributed by atoms with Crippen LogP contribution >= 0.6 is 0 Å². The Kier molecular flexibility index (Phi) is 5.82. The van der Waals surface area contributed by atoms with E-state index in [1.165, 1.54) is 4.31 Å². The number of anilines is 1. The zero-order valence-corrected chi connectivity index (χ0v) is 14.5. The largest absolute Gasteiger partial charge is 0.444 e. The molecule has 0 unspecified atom stereocenters. The van der Waals surface area contributed by atoms with E-state index in [0.29, 0.717) is 17.8 Å². The third-order valence-corrected chi connectivity index (χ3v) is 4.03. The highest BCUT2D eigenvalue weighted by atomic mass is 32.2. The first-order valence-electron chi connectivity index (χ1n) is 7.07. The van der Waals surface area contributed by atoms with Gasteiger partial charge in [-0.3, -0.25) is 4.31 Å². The molecule has 0 aromatic heterocycles. The van der Waals surface area contributed by atoms with Gasteiger partial charge in [-0.25, -0.2) is 13.2 Å². The van der Waals surface area contributed by atoms with Gasteiger partial charge in [-0.05, 0) is 39.3 Å². The number of nitrogens with zero attached hydrogens (tertiary/aromatic N) is 1. The predicted octanol–water partition coefficient (Wildman–Crippen LogP) is 2.50. The SMILES string of the molecule is CCN(c1ccccc1CNC(=O)OC(C)(C)C)S(C)(=O)=O. The topological polar surface area (TPSA) is 75.7 Å². The van der Waals surface area contributed by atoms with Crippen LogP contribution in [0.2, 0.25) is 0 Å². The van der Waals surface area contributed by atoms with Crippen LogP contribution in [0, 0.1) is 0 Å². The molecule has 1 aromatic carbocycles. The monoisotopic (exact) mass is 328 g/mol. The number of nitrogens with one attached hydrogen (secondary N) is 1. The van der Waals surface area contributed by atoms with E-state index in [9.17, 15) is 13.2 Å². The number of alkyl carbamates (subject to hydrolysis) is 1. The van der Waals surface area contributed by atoms with E-state index in [-0.39, 0.29) is 6.54 Å². The minimum Gasteiger partial charge on any atom is -0.444 e. The van der Waals surface area contributed by atoms with Crippen molar-refractivity contribution in [2.75, 3.05) is 17.1 Å². The molecule has 0 saturated carbocycles. The number of rotatable bonds is 5. The van der Waals surface area contributed by atoms with Crippen LogP contribution < -0.4 is 9.62 Å². The van der Waals surface area contributed by atoms with E-state index < -0.39 is 21.7 Å². The molecule has 0 radical (unpaired) electrons. The zero-order chi connectivity index (χ0) is 17.0. The van der Waals surface area contributed by atoms with Crippen molar-refractivity contribution < 1.29 is 17.9 Å². The number of hydrogen-bond acceptors (Lipinski definition) is 4. The van der Waals surface area contributed by atoms with Gasteiger partial charge in [0.15, 0.2) is 0 Å². The lowest BCUT2D eigenvalue weighted by Crippen LogP contribution is -2.34. The van der Waals surface area contributed by atoms with Gasteiger partial charge in [-0.2, -0.15) is 0 Å². The Morgan fingerprint density at radius 1 is 1.27 bits per heavy atom. The van der Waals surface area contributed by atoms with Crippen LogP contribution in [0.1, 0.15) is 33.3 Å². The summed E-state index contributed by atoms with van der Waals surface area (Å²) in [5.41, 5.74) is 0.690. The van der Waals surface area contributed by atoms with Crippen LogP contribution in [0.4, 0.5) is 10.5 Å². The third kappa shape index (κ3) is 5.55.